The van der Waals surface area contributed by atoms with Gasteiger partial charge in [0.2, 0.25) is 0 Å². The van der Waals surface area contributed by atoms with Crippen LogP contribution in [-0.2, 0) is 6.54 Å². The second-order valence-electron chi connectivity index (χ2n) is 6.47. The fraction of sp³-hybridized carbons (Fsp3) is 0.174. The van der Waals surface area contributed by atoms with E-state index < -0.39 is 5.91 Å². The van der Waals surface area contributed by atoms with Crippen molar-refractivity contribution in [1.29, 1.82) is 0 Å². The Morgan fingerprint density at radius 1 is 1.03 bits per heavy atom. The maximum absolute atomic E-state index is 12.5. The Bertz CT molecular complexity index is 1040. The summed E-state index contributed by atoms with van der Waals surface area (Å²) in [4.78, 5) is 12.5. The molecule has 0 aliphatic rings. The van der Waals surface area contributed by atoms with E-state index in [4.69, 9.17) is 21.1 Å². The zero-order chi connectivity index (χ0) is 21.5. The minimum absolute atomic E-state index is 0.113. The molecule has 0 saturated carbocycles. The van der Waals surface area contributed by atoms with Gasteiger partial charge in [-0.25, -0.2) is 0 Å². The van der Waals surface area contributed by atoms with Gasteiger partial charge >= 0.3 is 0 Å². The lowest BCUT2D eigenvalue weighted by Crippen LogP contribution is -2.12. The average Bonchev–Trinajstić information content (AvgIpc) is 2.74. The number of methoxy groups -OCH3 is 1. The van der Waals surface area contributed by atoms with Gasteiger partial charge in [-0.15, -0.1) is 0 Å². The number of anilines is 2. The SMILES string of the molecule is CCOc1cc(CNc2cccc(NC(=O)c3cc(Cl)ccc3O)c2)ccc1OC. The Balaban J connectivity index is 1.68. The highest BCUT2D eigenvalue weighted by Crippen LogP contribution is 2.29. The number of carbonyl (C=O) groups excluding carboxylic acids is 1. The molecule has 0 saturated heterocycles. The lowest BCUT2D eigenvalue weighted by Gasteiger charge is -2.13. The number of nitrogens with one attached hydrogen (secondary N) is 2. The first-order valence-corrected chi connectivity index (χ1v) is 9.81. The summed E-state index contributed by atoms with van der Waals surface area (Å²) in [6, 6.07) is 17.4. The molecule has 0 fully saturated rings. The molecule has 0 aliphatic heterocycles. The maximum atomic E-state index is 12.5. The van der Waals surface area contributed by atoms with E-state index in [0.717, 1.165) is 11.3 Å². The predicted molar refractivity (Wildman–Crippen MR) is 119 cm³/mol. The highest BCUT2D eigenvalue weighted by atomic mass is 35.5. The van der Waals surface area contributed by atoms with Crippen molar-refractivity contribution in [2.45, 2.75) is 13.5 Å². The van der Waals surface area contributed by atoms with E-state index in [-0.39, 0.29) is 11.3 Å². The van der Waals surface area contributed by atoms with Crippen molar-refractivity contribution in [3.05, 3.63) is 76.8 Å². The summed E-state index contributed by atoms with van der Waals surface area (Å²) < 4.78 is 10.9. The summed E-state index contributed by atoms with van der Waals surface area (Å²) in [5, 5.41) is 16.4. The van der Waals surface area contributed by atoms with E-state index in [2.05, 4.69) is 10.6 Å². The van der Waals surface area contributed by atoms with Crippen molar-refractivity contribution in [3.8, 4) is 17.2 Å². The molecule has 3 N–H and O–H groups in total. The van der Waals surface area contributed by atoms with Gasteiger partial charge in [-0.2, -0.15) is 0 Å². The summed E-state index contributed by atoms with van der Waals surface area (Å²) >= 11 is 5.92. The molecule has 6 nitrogen and oxygen atoms in total. The number of rotatable bonds is 8. The molecular formula is C23H23ClN2O4. The van der Waals surface area contributed by atoms with Crippen LogP contribution in [0.1, 0.15) is 22.8 Å². The van der Waals surface area contributed by atoms with Crippen LogP contribution in [0.25, 0.3) is 0 Å². The van der Waals surface area contributed by atoms with Gasteiger partial charge in [0.05, 0.1) is 19.3 Å². The van der Waals surface area contributed by atoms with Crippen LogP contribution < -0.4 is 20.1 Å². The van der Waals surface area contributed by atoms with Crippen molar-refractivity contribution < 1.29 is 19.4 Å². The molecule has 1 amide bonds. The lowest BCUT2D eigenvalue weighted by molar-refractivity contribution is 0.102. The second-order valence-corrected chi connectivity index (χ2v) is 6.90. The van der Waals surface area contributed by atoms with E-state index >= 15 is 0 Å². The Labute approximate surface area is 180 Å². The predicted octanol–water partition coefficient (Wildman–Crippen LogP) is 5.32. The van der Waals surface area contributed by atoms with Crippen LogP contribution in [0.4, 0.5) is 11.4 Å². The largest absolute Gasteiger partial charge is 0.507 e. The van der Waals surface area contributed by atoms with Crippen LogP contribution in [0, 0.1) is 0 Å². The van der Waals surface area contributed by atoms with Crippen LogP contribution in [0.2, 0.25) is 5.02 Å². The number of carbonyl (C=O) groups is 1. The van der Waals surface area contributed by atoms with Crippen LogP contribution >= 0.6 is 11.6 Å². The Morgan fingerprint density at radius 2 is 1.83 bits per heavy atom. The first-order valence-electron chi connectivity index (χ1n) is 9.43. The fourth-order valence-corrected chi connectivity index (χ4v) is 3.07. The molecule has 0 radical (unpaired) electrons. The van der Waals surface area contributed by atoms with Gasteiger partial charge < -0.3 is 25.2 Å². The Hall–Kier alpha value is -3.38. The number of hydrogen-bond donors (Lipinski definition) is 3. The number of halogens is 1. The fourth-order valence-electron chi connectivity index (χ4n) is 2.90. The van der Waals surface area contributed by atoms with E-state index in [9.17, 15) is 9.90 Å². The van der Waals surface area contributed by atoms with Gasteiger partial charge in [0.25, 0.3) is 5.91 Å². The Kier molecular flexibility index (Phi) is 7.03. The van der Waals surface area contributed by atoms with Gasteiger partial charge in [-0.1, -0.05) is 23.7 Å². The number of amides is 1. The summed E-state index contributed by atoms with van der Waals surface area (Å²) in [6.45, 7) is 3.04. The third-order valence-corrected chi connectivity index (χ3v) is 4.58. The number of phenols is 1. The minimum Gasteiger partial charge on any atom is -0.507 e. The molecule has 30 heavy (non-hydrogen) atoms. The normalized spacial score (nSPS) is 10.4. The highest BCUT2D eigenvalue weighted by molar-refractivity contribution is 6.31. The summed E-state index contributed by atoms with van der Waals surface area (Å²) in [6.07, 6.45) is 0. The smallest absolute Gasteiger partial charge is 0.259 e. The van der Waals surface area contributed by atoms with E-state index in [1.807, 2.05) is 43.3 Å². The van der Waals surface area contributed by atoms with E-state index in [1.54, 1.807) is 13.2 Å². The molecule has 0 unspecified atom stereocenters. The van der Waals surface area contributed by atoms with Crippen molar-refractivity contribution in [3.63, 3.8) is 0 Å². The van der Waals surface area contributed by atoms with Crippen LogP contribution in [-0.4, -0.2) is 24.7 Å². The molecule has 0 heterocycles. The number of benzene rings is 3. The molecule has 0 atom stereocenters. The molecule has 0 aliphatic carbocycles. The van der Waals surface area contributed by atoms with Gasteiger partial charge in [0.1, 0.15) is 5.75 Å². The Morgan fingerprint density at radius 3 is 2.60 bits per heavy atom. The number of ether oxygens (including phenoxy) is 2. The lowest BCUT2D eigenvalue weighted by atomic mass is 10.1. The van der Waals surface area contributed by atoms with E-state index in [0.29, 0.717) is 35.4 Å². The number of hydrogen-bond acceptors (Lipinski definition) is 5. The molecule has 0 bridgehead atoms. The molecule has 3 rings (SSSR count). The summed E-state index contributed by atoms with van der Waals surface area (Å²) in [7, 11) is 1.61. The quantitative estimate of drug-likeness (QED) is 0.454. The van der Waals surface area contributed by atoms with Gasteiger partial charge in [-0.3, -0.25) is 4.79 Å². The summed E-state index contributed by atoms with van der Waals surface area (Å²) in [5.74, 6) is 0.815. The molecule has 7 heteroatoms. The van der Waals surface area contributed by atoms with Crippen molar-refractivity contribution in [2.24, 2.45) is 0 Å². The van der Waals surface area contributed by atoms with Crippen molar-refractivity contribution in [2.75, 3.05) is 24.4 Å². The molecular weight excluding hydrogens is 404 g/mol. The number of phenolic OH excluding ortho intramolecular Hbond substituents is 1. The molecule has 0 spiro atoms. The zero-order valence-corrected chi connectivity index (χ0v) is 17.5. The molecule has 156 valence electrons. The van der Waals surface area contributed by atoms with Crippen LogP contribution in [0.15, 0.2) is 60.7 Å². The minimum atomic E-state index is -0.441. The third-order valence-electron chi connectivity index (χ3n) is 4.35. The van der Waals surface area contributed by atoms with E-state index in [1.165, 1.54) is 18.2 Å². The highest BCUT2D eigenvalue weighted by Gasteiger charge is 2.12. The van der Waals surface area contributed by atoms with Gasteiger partial charge in [-0.05, 0) is 61.0 Å². The molecule has 3 aromatic carbocycles. The average molecular weight is 427 g/mol. The zero-order valence-electron chi connectivity index (χ0n) is 16.7. The topological polar surface area (TPSA) is 79.8 Å². The first-order chi connectivity index (χ1) is 14.5. The number of aromatic hydroxyl groups is 1. The maximum Gasteiger partial charge on any atom is 0.259 e. The van der Waals surface area contributed by atoms with Gasteiger partial charge in [0.15, 0.2) is 11.5 Å². The third kappa shape index (κ3) is 5.36. The van der Waals surface area contributed by atoms with Crippen molar-refractivity contribution in [1.82, 2.24) is 0 Å². The second kappa shape index (κ2) is 9.89. The van der Waals surface area contributed by atoms with Crippen molar-refractivity contribution >= 4 is 28.9 Å². The van der Waals surface area contributed by atoms with Crippen LogP contribution in [0.5, 0.6) is 17.2 Å². The van der Waals surface area contributed by atoms with Gasteiger partial charge in [0, 0.05) is 22.9 Å². The standard InChI is InChI=1S/C23H23ClN2O4/c1-3-30-22-11-15(7-10-21(22)29-2)14-25-17-5-4-6-18(13-17)26-23(28)19-12-16(24)8-9-20(19)27/h4-13,25,27H,3,14H2,1-2H3,(H,26,28). The van der Waals surface area contributed by atoms with Crippen LogP contribution in [0.3, 0.4) is 0 Å². The summed E-state index contributed by atoms with van der Waals surface area (Å²) in [5.41, 5.74) is 2.56. The molecule has 0 aromatic heterocycles. The monoisotopic (exact) mass is 426 g/mol. The molecule has 3 aromatic rings. The first kappa shape index (κ1) is 21.3.